The molecule has 27 heavy (non-hydrogen) atoms. The van der Waals surface area contributed by atoms with Gasteiger partial charge >= 0.3 is 0 Å². The third-order valence-corrected chi connectivity index (χ3v) is 5.91. The van der Waals surface area contributed by atoms with Crippen LogP contribution in [0.25, 0.3) is 0 Å². The molecule has 4 heterocycles. The summed E-state index contributed by atoms with van der Waals surface area (Å²) in [6.45, 7) is 7.11. The van der Waals surface area contributed by atoms with Crippen molar-refractivity contribution < 1.29 is 14.6 Å². The predicted molar refractivity (Wildman–Crippen MR) is 100 cm³/mol. The van der Waals surface area contributed by atoms with Crippen LogP contribution in [0, 0.1) is 0 Å². The van der Waals surface area contributed by atoms with Crippen molar-refractivity contribution in [1.82, 2.24) is 24.9 Å². The molecule has 150 valence electrons. The van der Waals surface area contributed by atoms with E-state index >= 15 is 0 Å². The average molecular weight is 377 g/mol. The molecule has 3 aliphatic rings. The Morgan fingerprint density at radius 3 is 3.00 bits per heavy atom. The van der Waals surface area contributed by atoms with Gasteiger partial charge in [0.05, 0.1) is 36.7 Å². The van der Waals surface area contributed by atoms with E-state index in [1.54, 1.807) is 0 Å². The number of aromatic nitrogens is 2. The van der Waals surface area contributed by atoms with Gasteiger partial charge in [0.15, 0.2) is 0 Å². The summed E-state index contributed by atoms with van der Waals surface area (Å²) in [5.74, 6) is 0.210. The Bertz CT molecular complexity index is 626. The summed E-state index contributed by atoms with van der Waals surface area (Å²) in [6.07, 6.45) is 2.85. The number of nitrogens with zero attached hydrogens (tertiary/aromatic N) is 4. The van der Waals surface area contributed by atoms with Crippen molar-refractivity contribution in [2.45, 2.75) is 50.9 Å². The summed E-state index contributed by atoms with van der Waals surface area (Å²) < 4.78 is 7.46. The number of amides is 1. The average Bonchev–Trinajstić information content (AvgIpc) is 3.08. The van der Waals surface area contributed by atoms with Crippen LogP contribution in [0.5, 0.6) is 0 Å². The number of carbonyl (C=O) groups excluding carboxylic acids is 1. The van der Waals surface area contributed by atoms with Crippen LogP contribution in [0.15, 0.2) is 6.07 Å². The maximum atomic E-state index is 12.7. The number of nitrogens with one attached hydrogen (secondary N) is 1. The summed E-state index contributed by atoms with van der Waals surface area (Å²) >= 11 is 0. The van der Waals surface area contributed by atoms with Gasteiger partial charge < -0.3 is 20.1 Å². The van der Waals surface area contributed by atoms with E-state index in [1.165, 1.54) is 5.69 Å². The van der Waals surface area contributed by atoms with Crippen LogP contribution in [0.2, 0.25) is 0 Å². The molecule has 8 heteroatoms. The smallest absolute Gasteiger partial charge is 0.223 e. The lowest BCUT2D eigenvalue weighted by Crippen LogP contribution is -2.45. The lowest BCUT2D eigenvalue weighted by molar-refractivity contribution is -0.131. The number of hydrogen-bond donors (Lipinski definition) is 2. The molecule has 0 bridgehead atoms. The highest BCUT2D eigenvalue weighted by molar-refractivity contribution is 5.76. The zero-order chi connectivity index (χ0) is 18.6. The first-order chi connectivity index (χ1) is 13.2. The van der Waals surface area contributed by atoms with E-state index in [2.05, 4.69) is 26.1 Å². The van der Waals surface area contributed by atoms with Gasteiger partial charge in [-0.15, -0.1) is 0 Å². The maximum absolute atomic E-state index is 12.7. The highest BCUT2D eigenvalue weighted by atomic mass is 16.5. The largest absolute Gasteiger partial charge is 0.389 e. The van der Waals surface area contributed by atoms with Crippen molar-refractivity contribution in [1.29, 1.82) is 0 Å². The number of fused-ring (bicyclic) bond motifs is 1. The van der Waals surface area contributed by atoms with Crippen LogP contribution in [0.3, 0.4) is 0 Å². The monoisotopic (exact) mass is 377 g/mol. The first kappa shape index (κ1) is 18.9. The van der Waals surface area contributed by atoms with Crippen LogP contribution >= 0.6 is 0 Å². The van der Waals surface area contributed by atoms with E-state index in [9.17, 15) is 9.90 Å². The molecule has 1 aromatic rings. The second kappa shape index (κ2) is 8.68. The number of carbonyl (C=O) groups is 1. The minimum atomic E-state index is -0.405. The zero-order valence-electron chi connectivity index (χ0n) is 16.0. The molecule has 2 fully saturated rings. The highest BCUT2D eigenvalue weighted by Crippen LogP contribution is 2.17. The van der Waals surface area contributed by atoms with Gasteiger partial charge in [0.2, 0.25) is 5.91 Å². The van der Waals surface area contributed by atoms with Crippen molar-refractivity contribution in [3.8, 4) is 0 Å². The molecule has 1 aromatic heterocycles. The molecule has 0 radical (unpaired) electrons. The lowest BCUT2D eigenvalue weighted by Gasteiger charge is -2.28. The Morgan fingerprint density at radius 2 is 2.15 bits per heavy atom. The Labute approximate surface area is 160 Å². The zero-order valence-corrected chi connectivity index (χ0v) is 16.0. The Morgan fingerprint density at radius 1 is 1.22 bits per heavy atom. The summed E-state index contributed by atoms with van der Waals surface area (Å²) in [4.78, 5) is 17.0. The van der Waals surface area contributed by atoms with E-state index in [1.807, 2.05) is 4.90 Å². The van der Waals surface area contributed by atoms with Crippen molar-refractivity contribution >= 4 is 5.91 Å². The van der Waals surface area contributed by atoms with Crippen LogP contribution in [-0.2, 0) is 29.0 Å². The predicted octanol–water partition coefficient (Wildman–Crippen LogP) is -0.397. The number of ether oxygens (including phenoxy) is 1. The topological polar surface area (TPSA) is 82.9 Å². The minimum absolute atomic E-state index is 0.0783. The van der Waals surface area contributed by atoms with Gasteiger partial charge in [0.1, 0.15) is 0 Å². The molecule has 3 aliphatic heterocycles. The van der Waals surface area contributed by atoms with Gasteiger partial charge in [-0.3, -0.25) is 14.4 Å². The highest BCUT2D eigenvalue weighted by Gasteiger charge is 2.33. The molecule has 0 aliphatic carbocycles. The van der Waals surface area contributed by atoms with Gasteiger partial charge in [0.25, 0.3) is 0 Å². The molecule has 2 unspecified atom stereocenters. The fourth-order valence-electron chi connectivity index (χ4n) is 4.34. The van der Waals surface area contributed by atoms with Gasteiger partial charge in [-0.05, 0) is 25.5 Å². The molecular formula is C19H31N5O3. The van der Waals surface area contributed by atoms with Crippen molar-refractivity contribution in [2.75, 3.05) is 45.9 Å². The van der Waals surface area contributed by atoms with Crippen molar-refractivity contribution in [3.63, 3.8) is 0 Å². The third-order valence-electron chi connectivity index (χ3n) is 5.91. The molecule has 2 atom stereocenters. The van der Waals surface area contributed by atoms with Crippen molar-refractivity contribution in [3.05, 3.63) is 17.5 Å². The minimum Gasteiger partial charge on any atom is -0.389 e. The maximum Gasteiger partial charge on any atom is 0.223 e. The van der Waals surface area contributed by atoms with Crippen LogP contribution < -0.4 is 5.32 Å². The second-order valence-corrected chi connectivity index (χ2v) is 7.82. The normalized spacial score (nSPS) is 27.2. The first-order valence-corrected chi connectivity index (χ1v) is 10.2. The molecule has 4 rings (SSSR count). The van der Waals surface area contributed by atoms with Crippen LogP contribution in [0.4, 0.5) is 0 Å². The molecule has 0 saturated carbocycles. The fourth-order valence-corrected chi connectivity index (χ4v) is 4.34. The fraction of sp³-hybridized carbons (Fsp3) is 0.789. The van der Waals surface area contributed by atoms with E-state index in [4.69, 9.17) is 4.74 Å². The van der Waals surface area contributed by atoms with Crippen molar-refractivity contribution in [2.24, 2.45) is 0 Å². The molecular weight excluding hydrogens is 346 g/mol. The van der Waals surface area contributed by atoms with Crippen LogP contribution in [0.1, 0.15) is 30.7 Å². The third kappa shape index (κ3) is 4.51. The number of aryl methyl sites for hydroxylation is 2. The van der Waals surface area contributed by atoms with Gasteiger partial charge in [-0.1, -0.05) is 0 Å². The molecule has 1 amide bonds. The second-order valence-electron chi connectivity index (χ2n) is 7.82. The quantitative estimate of drug-likeness (QED) is 0.743. The Hall–Kier alpha value is -1.48. The van der Waals surface area contributed by atoms with Gasteiger partial charge in [-0.2, -0.15) is 5.10 Å². The molecule has 0 spiro atoms. The number of aliphatic hydroxyl groups excluding tert-OH is 1. The van der Waals surface area contributed by atoms with Crippen LogP contribution in [-0.4, -0.2) is 88.7 Å². The van der Waals surface area contributed by atoms with Gasteiger partial charge in [0, 0.05) is 52.1 Å². The Kier molecular flexibility index (Phi) is 6.07. The SMILES string of the molecule is O=C(CCc1cc2n(n1)CCCNC2)N1CCCN(C2COCC2O)CC1. The molecule has 8 nitrogen and oxygen atoms in total. The molecule has 0 aromatic carbocycles. The van der Waals surface area contributed by atoms with E-state index in [-0.39, 0.29) is 11.9 Å². The lowest BCUT2D eigenvalue weighted by atomic mass is 10.2. The van der Waals surface area contributed by atoms with E-state index < -0.39 is 6.10 Å². The van der Waals surface area contributed by atoms with E-state index in [0.717, 1.165) is 64.3 Å². The summed E-state index contributed by atoms with van der Waals surface area (Å²) in [5.41, 5.74) is 2.24. The summed E-state index contributed by atoms with van der Waals surface area (Å²) in [7, 11) is 0. The molecule has 2 N–H and O–H groups in total. The molecule has 2 saturated heterocycles. The number of rotatable bonds is 4. The Balaban J connectivity index is 1.27. The van der Waals surface area contributed by atoms with E-state index in [0.29, 0.717) is 26.1 Å². The summed E-state index contributed by atoms with van der Waals surface area (Å²) in [5, 5.41) is 18.1. The van der Waals surface area contributed by atoms with Gasteiger partial charge in [-0.25, -0.2) is 0 Å². The number of hydrogen-bond acceptors (Lipinski definition) is 6. The number of aliphatic hydroxyl groups is 1. The summed E-state index contributed by atoms with van der Waals surface area (Å²) in [6, 6.07) is 2.21. The standard InChI is InChI=1S/C19H31N5O3/c25-18-14-27-13-17(18)22-6-2-7-23(10-9-22)19(26)4-3-15-11-16-12-20-5-1-8-24(16)21-15/h11,17-18,20,25H,1-10,12-14H2. The first-order valence-electron chi connectivity index (χ1n) is 10.2.